The molecule has 4 rings (SSSR count). The highest BCUT2D eigenvalue weighted by atomic mass is 32.1. The van der Waals surface area contributed by atoms with Crippen LogP contribution < -0.4 is 16.3 Å². The maximum atomic E-state index is 12.7. The van der Waals surface area contributed by atoms with Gasteiger partial charge in [-0.15, -0.1) is 0 Å². The summed E-state index contributed by atoms with van der Waals surface area (Å²) >= 11 is 6.62. The van der Waals surface area contributed by atoms with E-state index in [1.807, 2.05) is 44.2 Å². The molecule has 0 saturated carbocycles. The van der Waals surface area contributed by atoms with Crippen molar-refractivity contribution in [3.63, 3.8) is 0 Å². The minimum atomic E-state index is -0.299. The maximum absolute atomic E-state index is 12.7. The van der Waals surface area contributed by atoms with Crippen LogP contribution in [-0.2, 0) is 0 Å². The third-order valence-corrected chi connectivity index (χ3v) is 5.29. The number of carbonyl (C=O) groups excluding carboxylic acids is 1. The number of aromatic nitrogens is 2. The number of para-hydroxylation sites is 1. The Kier molecular flexibility index (Phi) is 3.78. The van der Waals surface area contributed by atoms with E-state index in [0.29, 0.717) is 31.1 Å². The zero-order valence-electron chi connectivity index (χ0n) is 13.2. The predicted octanol–water partition coefficient (Wildman–Crippen LogP) is 2.08. The number of nitrogens with one attached hydrogen (secondary N) is 2. The molecule has 0 saturated heterocycles. The minimum Gasteiger partial charge on any atom is -0.321 e. The van der Waals surface area contributed by atoms with E-state index in [-0.39, 0.29) is 11.5 Å². The SMILES string of the molecule is Bc1ccc2c(c1)c(=O)[nH]c1c(C(=O)Nc3ccccc3)sc(=S)n12. The first-order valence-corrected chi connectivity index (χ1v) is 8.81. The van der Waals surface area contributed by atoms with E-state index in [0.717, 1.165) is 5.46 Å². The molecule has 0 unspecified atom stereocenters. The number of benzene rings is 2. The van der Waals surface area contributed by atoms with Crippen molar-refractivity contribution in [2.75, 3.05) is 5.32 Å². The van der Waals surface area contributed by atoms with Crippen molar-refractivity contribution >= 4 is 65.0 Å². The van der Waals surface area contributed by atoms with E-state index in [1.165, 1.54) is 11.3 Å². The van der Waals surface area contributed by atoms with Gasteiger partial charge in [-0.1, -0.05) is 47.1 Å². The van der Waals surface area contributed by atoms with Gasteiger partial charge in [-0.25, -0.2) is 0 Å². The van der Waals surface area contributed by atoms with Gasteiger partial charge in [0, 0.05) is 5.69 Å². The molecule has 0 aliphatic heterocycles. The Morgan fingerprint density at radius 3 is 2.72 bits per heavy atom. The molecular weight excluding hydrogens is 353 g/mol. The number of H-pyrrole nitrogens is 1. The molecule has 0 radical (unpaired) electrons. The highest BCUT2D eigenvalue weighted by Crippen LogP contribution is 2.23. The Bertz CT molecular complexity index is 1240. The second kappa shape index (κ2) is 5.98. The highest BCUT2D eigenvalue weighted by Gasteiger charge is 2.18. The van der Waals surface area contributed by atoms with Gasteiger partial charge in [0.05, 0.1) is 10.9 Å². The number of hydrogen-bond acceptors (Lipinski definition) is 4. The Hall–Kier alpha value is -2.71. The molecule has 8 heteroatoms. The molecule has 0 spiro atoms. The molecular formula is C17H12BN3O2S2. The summed E-state index contributed by atoms with van der Waals surface area (Å²) in [7, 11) is 1.93. The quantitative estimate of drug-likeness (QED) is 0.422. The summed E-state index contributed by atoms with van der Waals surface area (Å²) in [5.41, 5.74) is 2.55. The molecule has 2 aromatic heterocycles. The van der Waals surface area contributed by atoms with Crippen LogP contribution in [0.15, 0.2) is 53.3 Å². The smallest absolute Gasteiger partial charge is 0.269 e. The van der Waals surface area contributed by atoms with Crippen LogP contribution in [0.2, 0.25) is 0 Å². The van der Waals surface area contributed by atoms with Crippen LogP contribution in [0.1, 0.15) is 9.67 Å². The lowest BCUT2D eigenvalue weighted by Gasteiger charge is -2.05. The predicted molar refractivity (Wildman–Crippen MR) is 107 cm³/mol. The molecule has 2 N–H and O–H groups in total. The Morgan fingerprint density at radius 1 is 1.20 bits per heavy atom. The number of rotatable bonds is 2. The van der Waals surface area contributed by atoms with E-state index in [4.69, 9.17) is 12.2 Å². The first kappa shape index (κ1) is 15.8. The number of nitrogens with zero attached hydrogens (tertiary/aromatic N) is 1. The summed E-state index contributed by atoms with van der Waals surface area (Å²) in [5.74, 6) is -0.299. The van der Waals surface area contributed by atoms with Gasteiger partial charge < -0.3 is 10.3 Å². The fraction of sp³-hybridized carbons (Fsp3) is 0. The molecule has 5 nitrogen and oxygen atoms in total. The monoisotopic (exact) mass is 365 g/mol. The normalized spacial score (nSPS) is 11.0. The Balaban J connectivity index is 1.93. The van der Waals surface area contributed by atoms with Gasteiger partial charge in [0.2, 0.25) is 0 Å². The van der Waals surface area contributed by atoms with Crippen molar-refractivity contribution < 1.29 is 4.79 Å². The number of fused-ring (bicyclic) bond motifs is 3. The van der Waals surface area contributed by atoms with Crippen molar-refractivity contribution in [3.8, 4) is 0 Å². The third kappa shape index (κ3) is 2.69. The van der Waals surface area contributed by atoms with E-state index >= 15 is 0 Å². The summed E-state index contributed by atoms with van der Waals surface area (Å²) in [4.78, 5) is 28.3. The van der Waals surface area contributed by atoms with Gasteiger partial charge >= 0.3 is 0 Å². The van der Waals surface area contributed by atoms with Crippen LogP contribution in [0.3, 0.4) is 0 Å². The van der Waals surface area contributed by atoms with Gasteiger partial charge in [-0.3, -0.25) is 14.0 Å². The van der Waals surface area contributed by atoms with Crippen LogP contribution in [0.25, 0.3) is 16.6 Å². The number of thiazole rings is 1. The van der Waals surface area contributed by atoms with E-state index < -0.39 is 0 Å². The van der Waals surface area contributed by atoms with Crippen LogP contribution in [-0.4, -0.2) is 23.1 Å². The number of carbonyl (C=O) groups is 1. The standard InChI is InChI=1S/C17H12BN3O2S2/c18-9-6-7-12-11(8-9)15(22)20-14-13(25-17(24)21(12)14)16(23)19-10-4-2-1-3-5-10/h1-8H,18H2,(H,19,23)(H,20,22). The van der Waals surface area contributed by atoms with Gasteiger partial charge in [0.25, 0.3) is 11.5 Å². The van der Waals surface area contributed by atoms with Crippen molar-refractivity contribution in [3.05, 3.63) is 67.7 Å². The third-order valence-electron chi connectivity index (χ3n) is 3.92. The number of aromatic amines is 1. The molecule has 2 heterocycles. The molecule has 0 bridgehead atoms. The van der Waals surface area contributed by atoms with Crippen molar-refractivity contribution in [2.45, 2.75) is 0 Å². The van der Waals surface area contributed by atoms with Gasteiger partial charge in [0.1, 0.15) is 18.4 Å². The van der Waals surface area contributed by atoms with E-state index in [1.54, 1.807) is 16.5 Å². The fourth-order valence-electron chi connectivity index (χ4n) is 2.77. The number of amides is 1. The van der Waals surface area contributed by atoms with E-state index in [2.05, 4.69) is 10.3 Å². The molecule has 0 atom stereocenters. The topological polar surface area (TPSA) is 66.4 Å². The zero-order chi connectivity index (χ0) is 17.6. The molecule has 2 aromatic carbocycles. The molecule has 4 aromatic rings. The molecule has 0 aliphatic carbocycles. The first-order chi connectivity index (χ1) is 12.0. The van der Waals surface area contributed by atoms with Crippen LogP contribution in [0.5, 0.6) is 0 Å². The average molecular weight is 365 g/mol. The summed E-state index contributed by atoms with van der Waals surface area (Å²) < 4.78 is 2.26. The van der Waals surface area contributed by atoms with Crippen LogP contribution in [0.4, 0.5) is 5.69 Å². The molecule has 0 fully saturated rings. The highest BCUT2D eigenvalue weighted by molar-refractivity contribution is 7.73. The van der Waals surface area contributed by atoms with Crippen molar-refractivity contribution in [1.82, 2.24) is 9.38 Å². The summed E-state index contributed by atoms with van der Waals surface area (Å²) in [5, 5.41) is 3.38. The lowest BCUT2D eigenvalue weighted by molar-refractivity contribution is 0.103. The molecule has 0 aliphatic rings. The number of hydrogen-bond donors (Lipinski definition) is 2. The van der Waals surface area contributed by atoms with Gasteiger partial charge in [0.15, 0.2) is 3.95 Å². The maximum Gasteiger partial charge on any atom is 0.269 e. The Labute approximate surface area is 152 Å². The first-order valence-electron chi connectivity index (χ1n) is 7.59. The van der Waals surface area contributed by atoms with Gasteiger partial charge in [-0.05, 0) is 30.4 Å². The molecule has 122 valence electrons. The van der Waals surface area contributed by atoms with Crippen LogP contribution in [0, 0.1) is 3.95 Å². The van der Waals surface area contributed by atoms with E-state index in [9.17, 15) is 9.59 Å². The number of anilines is 1. The minimum absolute atomic E-state index is 0.236. The lowest BCUT2D eigenvalue weighted by atomic mass is 9.95. The summed E-state index contributed by atoms with van der Waals surface area (Å²) in [6.45, 7) is 0. The lowest BCUT2D eigenvalue weighted by Crippen LogP contribution is -2.16. The average Bonchev–Trinajstić information content (AvgIpc) is 2.93. The second-order valence-corrected chi connectivity index (χ2v) is 7.32. The molecule has 1 amide bonds. The fourth-order valence-corrected chi connectivity index (χ4v) is 4.05. The largest absolute Gasteiger partial charge is 0.321 e. The molecule has 25 heavy (non-hydrogen) atoms. The zero-order valence-corrected chi connectivity index (χ0v) is 14.8. The van der Waals surface area contributed by atoms with Gasteiger partial charge in [-0.2, -0.15) is 0 Å². The summed E-state index contributed by atoms with van der Waals surface area (Å²) in [6.07, 6.45) is 0. The van der Waals surface area contributed by atoms with Crippen molar-refractivity contribution in [1.29, 1.82) is 0 Å². The van der Waals surface area contributed by atoms with Crippen LogP contribution >= 0.6 is 23.6 Å². The summed E-state index contributed by atoms with van der Waals surface area (Å²) in [6, 6.07) is 14.8. The second-order valence-electron chi connectivity index (χ2n) is 5.68. The Morgan fingerprint density at radius 2 is 1.96 bits per heavy atom. The van der Waals surface area contributed by atoms with Crippen molar-refractivity contribution in [2.24, 2.45) is 0 Å².